The average Bonchev–Trinajstić information content (AvgIpc) is 3.24. The maximum Gasteiger partial charge on any atom is 0.111 e. The van der Waals surface area contributed by atoms with Crippen molar-refractivity contribution in [1.29, 1.82) is 0 Å². The van der Waals surface area contributed by atoms with Gasteiger partial charge in [-0.25, -0.2) is 4.98 Å². The number of hydrogen-bond acceptors (Lipinski definition) is 2. The number of halogens is 2. The number of benzene rings is 1. The SMILES string of the molecule is CC(Cn1c(CCCl)nc2cc(I)ccc21)N(C)C1CC1. The van der Waals surface area contributed by atoms with Crippen LogP contribution in [-0.4, -0.2) is 39.5 Å². The molecule has 1 unspecified atom stereocenters. The quantitative estimate of drug-likeness (QED) is 0.525. The fraction of sp³-hybridized carbons (Fsp3) is 0.562. The van der Waals surface area contributed by atoms with Gasteiger partial charge in [0.1, 0.15) is 5.82 Å². The molecule has 5 heteroatoms. The van der Waals surface area contributed by atoms with E-state index in [1.165, 1.54) is 21.9 Å². The molecule has 0 bridgehead atoms. The Bertz CT molecular complexity index is 636. The maximum atomic E-state index is 5.96. The van der Waals surface area contributed by atoms with Gasteiger partial charge in [0.15, 0.2) is 0 Å². The summed E-state index contributed by atoms with van der Waals surface area (Å²) in [5.74, 6) is 1.73. The average molecular weight is 418 g/mol. The Labute approximate surface area is 144 Å². The number of aryl methyl sites for hydroxylation is 1. The predicted octanol–water partition coefficient (Wildman–Crippen LogP) is 3.90. The highest BCUT2D eigenvalue weighted by Gasteiger charge is 2.29. The minimum Gasteiger partial charge on any atom is -0.326 e. The number of likely N-dealkylation sites (N-methyl/N-ethyl adjacent to an activating group) is 1. The first-order valence-corrected chi connectivity index (χ1v) is 9.14. The van der Waals surface area contributed by atoms with E-state index in [4.69, 9.17) is 16.6 Å². The van der Waals surface area contributed by atoms with Crippen LogP contribution >= 0.6 is 34.2 Å². The van der Waals surface area contributed by atoms with Crippen LogP contribution in [0.2, 0.25) is 0 Å². The first kappa shape index (κ1) is 15.6. The van der Waals surface area contributed by atoms with Gasteiger partial charge in [0.05, 0.1) is 11.0 Å². The maximum absolute atomic E-state index is 5.96. The number of hydrogen-bond donors (Lipinski definition) is 0. The molecule has 1 saturated carbocycles. The third kappa shape index (κ3) is 3.37. The molecule has 0 radical (unpaired) electrons. The molecule has 3 rings (SSSR count). The van der Waals surface area contributed by atoms with E-state index in [0.29, 0.717) is 11.9 Å². The molecule has 1 aliphatic rings. The Hall–Kier alpha value is -0.330. The van der Waals surface area contributed by atoms with E-state index in [9.17, 15) is 0 Å². The van der Waals surface area contributed by atoms with Crippen molar-refractivity contribution in [2.24, 2.45) is 0 Å². The van der Waals surface area contributed by atoms with Crippen molar-refractivity contribution in [1.82, 2.24) is 14.5 Å². The fourth-order valence-electron chi connectivity index (χ4n) is 2.87. The molecule has 1 fully saturated rings. The molecule has 0 amide bonds. The van der Waals surface area contributed by atoms with E-state index in [0.717, 1.165) is 30.3 Å². The minimum absolute atomic E-state index is 0.517. The fourth-order valence-corrected chi connectivity index (χ4v) is 3.51. The summed E-state index contributed by atoms with van der Waals surface area (Å²) in [6.45, 7) is 3.29. The summed E-state index contributed by atoms with van der Waals surface area (Å²) in [5, 5.41) is 0. The molecule has 114 valence electrons. The van der Waals surface area contributed by atoms with Crippen LogP contribution in [0.1, 0.15) is 25.6 Å². The lowest BCUT2D eigenvalue weighted by Crippen LogP contribution is -2.34. The number of fused-ring (bicyclic) bond motifs is 1. The van der Waals surface area contributed by atoms with Gasteiger partial charge in [-0.15, -0.1) is 11.6 Å². The van der Waals surface area contributed by atoms with E-state index >= 15 is 0 Å². The van der Waals surface area contributed by atoms with Crippen molar-refractivity contribution in [3.8, 4) is 0 Å². The van der Waals surface area contributed by atoms with Gasteiger partial charge >= 0.3 is 0 Å². The number of rotatable bonds is 6. The van der Waals surface area contributed by atoms with Crippen LogP contribution in [0.4, 0.5) is 0 Å². The lowest BCUT2D eigenvalue weighted by molar-refractivity contribution is 0.226. The number of aromatic nitrogens is 2. The van der Waals surface area contributed by atoms with Gasteiger partial charge in [-0.3, -0.25) is 4.90 Å². The van der Waals surface area contributed by atoms with Crippen molar-refractivity contribution in [2.75, 3.05) is 12.9 Å². The standard InChI is InChI=1S/C16H21ClIN3/c1-11(20(2)13-4-5-13)10-21-15-6-3-12(18)9-14(15)19-16(21)7-8-17/h3,6,9,11,13H,4-5,7-8,10H2,1-2H3. The lowest BCUT2D eigenvalue weighted by Gasteiger charge is -2.25. The molecule has 0 aliphatic heterocycles. The summed E-state index contributed by atoms with van der Waals surface area (Å²) in [5.41, 5.74) is 2.31. The van der Waals surface area contributed by atoms with Gasteiger partial charge in [0.25, 0.3) is 0 Å². The zero-order valence-electron chi connectivity index (χ0n) is 12.5. The molecule has 3 nitrogen and oxygen atoms in total. The second kappa shape index (κ2) is 6.42. The van der Waals surface area contributed by atoms with Crippen LogP contribution in [0.3, 0.4) is 0 Å². The van der Waals surface area contributed by atoms with E-state index in [1.807, 2.05) is 0 Å². The van der Waals surface area contributed by atoms with Gasteiger partial charge in [-0.2, -0.15) is 0 Å². The molecule has 0 saturated heterocycles. The Morgan fingerprint density at radius 1 is 1.48 bits per heavy atom. The van der Waals surface area contributed by atoms with E-state index in [2.05, 4.69) is 64.2 Å². The van der Waals surface area contributed by atoms with Gasteiger partial charge in [0, 0.05) is 34.5 Å². The summed E-state index contributed by atoms with van der Waals surface area (Å²) in [6.07, 6.45) is 3.52. The molecule has 2 aromatic rings. The molecule has 1 aliphatic carbocycles. The minimum atomic E-state index is 0.517. The molecule has 21 heavy (non-hydrogen) atoms. The van der Waals surface area contributed by atoms with Crippen LogP contribution in [0.25, 0.3) is 11.0 Å². The topological polar surface area (TPSA) is 21.1 Å². The van der Waals surface area contributed by atoms with Crippen molar-refractivity contribution in [2.45, 2.75) is 44.8 Å². The number of imidazole rings is 1. The summed E-state index contributed by atoms with van der Waals surface area (Å²) >= 11 is 8.30. The van der Waals surface area contributed by atoms with Crippen LogP contribution < -0.4 is 0 Å². The number of nitrogens with zero attached hydrogens (tertiary/aromatic N) is 3. The normalized spacial score (nSPS) is 16.8. The second-order valence-corrected chi connectivity index (χ2v) is 7.58. The highest BCUT2D eigenvalue weighted by Crippen LogP contribution is 2.28. The molecule has 1 aromatic carbocycles. The first-order valence-electron chi connectivity index (χ1n) is 7.52. The van der Waals surface area contributed by atoms with Crippen molar-refractivity contribution in [3.63, 3.8) is 0 Å². The summed E-state index contributed by atoms with van der Waals surface area (Å²) in [6, 6.07) is 7.79. The summed E-state index contributed by atoms with van der Waals surface area (Å²) in [4.78, 5) is 7.29. The van der Waals surface area contributed by atoms with Crippen molar-refractivity contribution < 1.29 is 0 Å². The van der Waals surface area contributed by atoms with Gasteiger partial charge in [-0.1, -0.05) is 0 Å². The van der Waals surface area contributed by atoms with Gasteiger partial charge < -0.3 is 4.57 Å². The molecule has 1 aromatic heterocycles. The van der Waals surface area contributed by atoms with Gasteiger partial charge in [-0.05, 0) is 67.6 Å². The number of alkyl halides is 1. The van der Waals surface area contributed by atoms with Crippen molar-refractivity contribution >= 4 is 45.2 Å². The van der Waals surface area contributed by atoms with Crippen molar-refractivity contribution in [3.05, 3.63) is 27.6 Å². The Morgan fingerprint density at radius 3 is 2.90 bits per heavy atom. The zero-order valence-corrected chi connectivity index (χ0v) is 15.4. The van der Waals surface area contributed by atoms with Gasteiger partial charge in [0.2, 0.25) is 0 Å². The summed E-state index contributed by atoms with van der Waals surface area (Å²) in [7, 11) is 2.24. The first-order chi connectivity index (χ1) is 10.1. The van der Waals surface area contributed by atoms with E-state index in [1.54, 1.807) is 0 Å². The van der Waals surface area contributed by atoms with Crippen LogP contribution in [0, 0.1) is 3.57 Å². The Morgan fingerprint density at radius 2 is 2.24 bits per heavy atom. The smallest absolute Gasteiger partial charge is 0.111 e. The third-order valence-electron chi connectivity index (χ3n) is 4.37. The van der Waals surface area contributed by atoms with Crippen LogP contribution in [0.5, 0.6) is 0 Å². The molecule has 1 heterocycles. The monoisotopic (exact) mass is 417 g/mol. The molecule has 0 N–H and O–H groups in total. The van der Waals surface area contributed by atoms with Crippen LogP contribution in [0.15, 0.2) is 18.2 Å². The predicted molar refractivity (Wildman–Crippen MR) is 97.1 cm³/mol. The molecule has 1 atom stereocenters. The third-order valence-corrected chi connectivity index (χ3v) is 5.23. The lowest BCUT2D eigenvalue weighted by atomic mass is 10.2. The van der Waals surface area contributed by atoms with Crippen LogP contribution in [-0.2, 0) is 13.0 Å². The Balaban J connectivity index is 1.92. The van der Waals surface area contributed by atoms with E-state index in [-0.39, 0.29) is 0 Å². The molecular formula is C16H21ClIN3. The zero-order chi connectivity index (χ0) is 15.0. The highest BCUT2D eigenvalue weighted by molar-refractivity contribution is 14.1. The molecule has 0 spiro atoms. The largest absolute Gasteiger partial charge is 0.326 e. The molecular weight excluding hydrogens is 397 g/mol. The van der Waals surface area contributed by atoms with E-state index < -0.39 is 0 Å². The Kier molecular flexibility index (Phi) is 4.76. The highest BCUT2D eigenvalue weighted by atomic mass is 127. The summed E-state index contributed by atoms with van der Waals surface area (Å²) < 4.78 is 3.59. The second-order valence-electron chi connectivity index (χ2n) is 5.96.